The van der Waals surface area contributed by atoms with Crippen LogP contribution in [0.5, 0.6) is 0 Å². The van der Waals surface area contributed by atoms with E-state index in [1.807, 2.05) is 6.92 Å². The van der Waals surface area contributed by atoms with E-state index in [9.17, 15) is 21.6 Å². The predicted octanol–water partition coefficient (Wildman–Crippen LogP) is 2.03. The monoisotopic (exact) mass is 389 g/mol. The summed E-state index contributed by atoms with van der Waals surface area (Å²) >= 11 is 0. The maximum absolute atomic E-state index is 12.5. The number of carboxylic acid groups (broad SMARTS) is 1. The number of sulfone groups is 2. The molecular weight excluding hydrogens is 366 g/mol. The molecule has 2 rings (SSSR count). The Kier molecular flexibility index (Phi) is 5.48. The SMILES string of the molecule is CC1(CCS(=O)(=O)c2ccc(S(C)(=O)=O)cc2)CCN(C(=O)O)CC1. The molecule has 0 spiro atoms. The van der Waals surface area contributed by atoms with Crippen LogP contribution < -0.4 is 0 Å². The van der Waals surface area contributed by atoms with Gasteiger partial charge in [0.15, 0.2) is 19.7 Å². The molecule has 1 aromatic carbocycles. The molecule has 1 amide bonds. The van der Waals surface area contributed by atoms with Crippen LogP contribution in [0.3, 0.4) is 0 Å². The van der Waals surface area contributed by atoms with Crippen molar-refractivity contribution in [3.63, 3.8) is 0 Å². The van der Waals surface area contributed by atoms with Crippen molar-refractivity contribution in [1.29, 1.82) is 0 Å². The number of piperidine rings is 1. The van der Waals surface area contributed by atoms with Crippen molar-refractivity contribution in [2.45, 2.75) is 36.0 Å². The van der Waals surface area contributed by atoms with Gasteiger partial charge in [0, 0.05) is 19.3 Å². The highest BCUT2D eigenvalue weighted by Gasteiger charge is 2.33. The Morgan fingerprint density at radius 3 is 2.00 bits per heavy atom. The molecule has 1 fully saturated rings. The van der Waals surface area contributed by atoms with Crippen LogP contribution in [0.1, 0.15) is 26.2 Å². The lowest BCUT2D eigenvalue weighted by molar-refractivity contribution is 0.0959. The molecule has 0 aliphatic carbocycles. The third-order valence-corrected chi connectivity index (χ3v) is 7.69. The van der Waals surface area contributed by atoms with E-state index in [0.29, 0.717) is 32.4 Å². The van der Waals surface area contributed by atoms with Crippen LogP contribution in [0, 0.1) is 5.41 Å². The first-order valence-electron chi connectivity index (χ1n) is 7.94. The number of benzene rings is 1. The first-order valence-corrected chi connectivity index (χ1v) is 11.5. The first-order chi connectivity index (χ1) is 11.4. The number of likely N-dealkylation sites (tertiary alicyclic amines) is 1. The highest BCUT2D eigenvalue weighted by Crippen LogP contribution is 2.35. The van der Waals surface area contributed by atoms with Crippen LogP contribution in [0.15, 0.2) is 34.1 Å². The highest BCUT2D eigenvalue weighted by molar-refractivity contribution is 7.91. The van der Waals surface area contributed by atoms with Crippen molar-refractivity contribution < 1.29 is 26.7 Å². The van der Waals surface area contributed by atoms with E-state index in [2.05, 4.69) is 0 Å². The molecule has 0 atom stereocenters. The van der Waals surface area contributed by atoms with E-state index < -0.39 is 25.8 Å². The van der Waals surface area contributed by atoms with Gasteiger partial charge in [0.05, 0.1) is 15.5 Å². The lowest BCUT2D eigenvalue weighted by Crippen LogP contribution is -2.42. The number of amides is 1. The second-order valence-corrected chi connectivity index (χ2v) is 11.0. The van der Waals surface area contributed by atoms with Gasteiger partial charge in [-0.15, -0.1) is 0 Å². The van der Waals surface area contributed by atoms with E-state index in [1.54, 1.807) is 0 Å². The van der Waals surface area contributed by atoms with Crippen LogP contribution in [-0.4, -0.2) is 58.0 Å². The summed E-state index contributed by atoms with van der Waals surface area (Å²) in [5.41, 5.74) is -0.217. The normalized spacial score (nSPS) is 18.1. The molecule has 1 N–H and O–H groups in total. The Morgan fingerprint density at radius 1 is 1.08 bits per heavy atom. The fraction of sp³-hybridized carbons (Fsp3) is 0.562. The van der Waals surface area contributed by atoms with E-state index >= 15 is 0 Å². The number of rotatable bonds is 5. The second kappa shape index (κ2) is 6.95. The third kappa shape index (κ3) is 4.94. The van der Waals surface area contributed by atoms with Crippen molar-refractivity contribution in [2.24, 2.45) is 5.41 Å². The van der Waals surface area contributed by atoms with Crippen molar-refractivity contribution in [1.82, 2.24) is 4.90 Å². The summed E-state index contributed by atoms with van der Waals surface area (Å²) in [6.45, 7) is 2.80. The van der Waals surface area contributed by atoms with Crippen molar-refractivity contribution in [3.05, 3.63) is 24.3 Å². The zero-order chi connectivity index (χ0) is 18.9. The van der Waals surface area contributed by atoms with Gasteiger partial charge >= 0.3 is 6.09 Å². The summed E-state index contributed by atoms with van der Waals surface area (Å²) in [5.74, 6) is -0.0468. The van der Waals surface area contributed by atoms with Crippen molar-refractivity contribution >= 4 is 25.8 Å². The average Bonchev–Trinajstić information content (AvgIpc) is 2.53. The molecule has 140 valence electrons. The minimum absolute atomic E-state index is 0.0468. The predicted molar refractivity (Wildman–Crippen MR) is 93.2 cm³/mol. The van der Waals surface area contributed by atoms with Gasteiger partial charge in [-0.2, -0.15) is 0 Å². The zero-order valence-electron chi connectivity index (χ0n) is 14.3. The summed E-state index contributed by atoms with van der Waals surface area (Å²) in [6, 6.07) is 5.24. The summed E-state index contributed by atoms with van der Waals surface area (Å²) in [6.07, 6.45) is 1.82. The van der Waals surface area contributed by atoms with Crippen molar-refractivity contribution in [3.8, 4) is 0 Å². The van der Waals surface area contributed by atoms with Crippen LogP contribution in [0.4, 0.5) is 4.79 Å². The number of carbonyl (C=O) groups is 1. The standard InChI is InChI=1S/C16H23NO6S2/c1-16(7-10-17(11-8-16)15(18)19)9-12-25(22,23)14-5-3-13(4-6-14)24(2,20)21/h3-6H,7-12H2,1-2H3,(H,18,19). The Balaban J connectivity index is 2.03. The van der Waals surface area contributed by atoms with Gasteiger partial charge in [0.2, 0.25) is 0 Å². The summed E-state index contributed by atoms with van der Waals surface area (Å²) in [5, 5.41) is 8.98. The lowest BCUT2D eigenvalue weighted by atomic mass is 9.78. The van der Waals surface area contributed by atoms with Crippen molar-refractivity contribution in [2.75, 3.05) is 25.1 Å². The molecule has 0 unspecified atom stereocenters. The van der Waals surface area contributed by atoms with Crippen LogP contribution >= 0.6 is 0 Å². The number of hydrogen-bond acceptors (Lipinski definition) is 5. The molecule has 1 aliphatic heterocycles. The molecular formula is C16H23NO6S2. The molecule has 0 bridgehead atoms. The molecule has 1 saturated heterocycles. The average molecular weight is 389 g/mol. The summed E-state index contributed by atoms with van der Waals surface area (Å²) in [7, 11) is -6.88. The smallest absolute Gasteiger partial charge is 0.407 e. The van der Waals surface area contributed by atoms with Gasteiger partial charge in [-0.05, 0) is 48.9 Å². The molecule has 9 heteroatoms. The van der Waals surface area contributed by atoms with Gasteiger partial charge < -0.3 is 10.0 Å². The van der Waals surface area contributed by atoms with E-state index in [4.69, 9.17) is 5.11 Å². The molecule has 1 aliphatic rings. The van der Waals surface area contributed by atoms with Crippen LogP contribution in [-0.2, 0) is 19.7 Å². The second-order valence-electron chi connectivity index (χ2n) is 6.89. The van der Waals surface area contributed by atoms with Gasteiger partial charge in [-0.1, -0.05) is 6.92 Å². The largest absolute Gasteiger partial charge is 0.465 e. The van der Waals surface area contributed by atoms with E-state index in [0.717, 1.165) is 6.26 Å². The zero-order valence-corrected chi connectivity index (χ0v) is 15.9. The van der Waals surface area contributed by atoms with Crippen LogP contribution in [0.2, 0.25) is 0 Å². The Labute approximate surface area is 148 Å². The number of hydrogen-bond donors (Lipinski definition) is 1. The minimum Gasteiger partial charge on any atom is -0.465 e. The highest BCUT2D eigenvalue weighted by atomic mass is 32.2. The van der Waals surface area contributed by atoms with Gasteiger partial charge in [0.1, 0.15) is 0 Å². The maximum Gasteiger partial charge on any atom is 0.407 e. The Hall–Kier alpha value is -1.61. The maximum atomic E-state index is 12.5. The quantitative estimate of drug-likeness (QED) is 0.825. The van der Waals surface area contributed by atoms with Crippen LogP contribution in [0.25, 0.3) is 0 Å². The minimum atomic E-state index is -3.51. The lowest BCUT2D eigenvalue weighted by Gasteiger charge is -2.38. The first kappa shape index (κ1) is 19.7. The molecule has 1 heterocycles. The fourth-order valence-corrected chi connectivity index (χ4v) is 5.06. The van der Waals surface area contributed by atoms with E-state index in [-0.39, 0.29) is 21.0 Å². The third-order valence-electron chi connectivity index (χ3n) is 4.83. The molecule has 1 aromatic rings. The van der Waals surface area contributed by atoms with E-state index in [1.165, 1.54) is 29.2 Å². The Morgan fingerprint density at radius 2 is 1.56 bits per heavy atom. The van der Waals surface area contributed by atoms with Gasteiger partial charge in [-0.3, -0.25) is 0 Å². The Bertz CT molecular complexity index is 835. The molecule has 0 radical (unpaired) electrons. The molecule has 0 saturated carbocycles. The molecule has 7 nitrogen and oxygen atoms in total. The van der Waals surface area contributed by atoms with Gasteiger partial charge in [0.25, 0.3) is 0 Å². The topological polar surface area (TPSA) is 109 Å². The summed E-state index contributed by atoms with van der Waals surface area (Å²) in [4.78, 5) is 12.5. The molecule has 25 heavy (non-hydrogen) atoms. The fourth-order valence-electron chi connectivity index (χ4n) is 2.88. The molecule has 0 aromatic heterocycles. The van der Waals surface area contributed by atoms with Gasteiger partial charge in [-0.25, -0.2) is 21.6 Å². The number of nitrogens with zero attached hydrogens (tertiary/aromatic N) is 1. The summed E-state index contributed by atoms with van der Waals surface area (Å²) < 4.78 is 47.9.